The first-order chi connectivity index (χ1) is 7.00. The second-order valence-electron chi connectivity index (χ2n) is 3.16. The van der Waals surface area contributed by atoms with Crippen molar-refractivity contribution in [3.05, 3.63) is 28.8 Å². The van der Waals surface area contributed by atoms with E-state index in [1.807, 2.05) is 0 Å². The van der Waals surface area contributed by atoms with Crippen molar-refractivity contribution >= 4 is 29.6 Å². The summed E-state index contributed by atoms with van der Waals surface area (Å²) in [4.78, 5) is 16.4. The van der Waals surface area contributed by atoms with Crippen LogP contribution in [-0.4, -0.2) is 31.3 Å². The third kappa shape index (κ3) is 3.25. The van der Waals surface area contributed by atoms with Crippen molar-refractivity contribution in [2.75, 3.05) is 14.1 Å². The number of aliphatic imine (C=N–C) groups is 1. The minimum absolute atomic E-state index is 0.0255. The molecule has 80 valence electrons. The second kappa shape index (κ2) is 4.79. The van der Waals surface area contributed by atoms with E-state index < -0.39 is 5.97 Å². The minimum atomic E-state index is -1.27. The fraction of sp³-hybridized carbons (Fsp3) is 0.200. The summed E-state index contributed by atoms with van der Waals surface area (Å²) in [7, 11) is 3.57. The van der Waals surface area contributed by atoms with E-state index in [1.54, 1.807) is 19.0 Å². The maximum absolute atomic E-state index is 10.7. The predicted octanol–water partition coefficient (Wildman–Crippen LogP) is 0.925. The summed E-state index contributed by atoms with van der Waals surface area (Å²) in [6.07, 6.45) is 1.50. The number of carboxylic acid groups (broad SMARTS) is 1. The van der Waals surface area contributed by atoms with Gasteiger partial charge in [0.25, 0.3) is 0 Å². The van der Waals surface area contributed by atoms with Crippen LogP contribution < -0.4 is 5.11 Å². The van der Waals surface area contributed by atoms with E-state index in [4.69, 9.17) is 11.6 Å². The van der Waals surface area contributed by atoms with E-state index >= 15 is 0 Å². The Balaban J connectivity index is 3.13. The van der Waals surface area contributed by atoms with Gasteiger partial charge in [0, 0.05) is 24.7 Å². The molecule has 1 aromatic rings. The number of rotatable bonds is 3. The second-order valence-corrected chi connectivity index (χ2v) is 3.59. The van der Waals surface area contributed by atoms with Crippen LogP contribution in [0, 0.1) is 0 Å². The van der Waals surface area contributed by atoms with Crippen molar-refractivity contribution in [3.8, 4) is 0 Å². The van der Waals surface area contributed by atoms with Crippen LogP contribution in [0.2, 0.25) is 5.02 Å². The lowest BCUT2D eigenvalue weighted by molar-refractivity contribution is -0.254. The fourth-order valence-electron chi connectivity index (χ4n) is 0.962. The highest BCUT2D eigenvalue weighted by molar-refractivity contribution is 6.31. The van der Waals surface area contributed by atoms with Crippen LogP contribution in [-0.2, 0) is 0 Å². The average Bonchev–Trinajstić information content (AvgIpc) is 2.14. The van der Waals surface area contributed by atoms with Crippen LogP contribution in [0.3, 0.4) is 0 Å². The van der Waals surface area contributed by atoms with Gasteiger partial charge < -0.3 is 14.8 Å². The molecule has 0 fully saturated rings. The number of carbonyl (C=O) groups excluding carboxylic acids is 1. The molecule has 0 saturated carbocycles. The summed E-state index contributed by atoms with van der Waals surface area (Å²) in [5, 5.41) is 11.2. The molecule has 0 saturated heterocycles. The number of carbonyl (C=O) groups is 1. The van der Waals surface area contributed by atoms with Crippen LogP contribution >= 0.6 is 11.6 Å². The molecular formula is C10H10ClN2O2-. The highest BCUT2D eigenvalue weighted by Crippen LogP contribution is 2.23. The van der Waals surface area contributed by atoms with Crippen molar-refractivity contribution in [3.63, 3.8) is 0 Å². The molecule has 0 aliphatic heterocycles. The molecule has 1 aromatic carbocycles. The molecule has 0 radical (unpaired) electrons. The van der Waals surface area contributed by atoms with Gasteiger partial charge in [0.2, 0.25) is 0 Å². The van der Waals surface area contributed by atoms with E-state index in [1.165, 1.54) is 24.5 Å². The zero-order valence-electron chi connectivity index (χ0n) is 8.40. The third-order valence-corrected chi connectivity index (χ3v) is 1.84. The Bertz CT molecular complexity index is 402. The van der Waals surface area contributed by atoms with Gasteiger partial charge in [-0.2, -0.15) is 0 Å². The maximum atomic E-state index is 10.7. The van der Waals surface area contributed by atoms with Crippen LogP contribution in [0.1, 0.15) is 10.4 Å². The zero-order chi connectivity index (χ0) is 11.4. The summed E-state index contributed by atoms with van der Waals surface area (Å²) in [6.45, 7) is 0. The van der Waals surface area contributed by atoms with Crippen molar-refractivity contribution in [2.45, 2.75) is 0 Å². The third-order valence-electron chi connectivity index (χ3n) is 1.61. The molecule has 0 spiro atoms. The molecule has 0 unspecified atom stereocenters. The van der Waals surface area contributed by atoms with Gasteiger partial charge in [0.15, 0.2) is 0 Å². The number of hydrogen-bond acceptors (Lipinski definition) is 3. The Morgan fingerprint density at radius 1 is 1.53 bits per heavy atom. The van der Waals surface area contributed by atoms with Crippen LogP contribution in [0.4, 0.5) is 5.69 Å². The highest BCUT2D eigenvalue weighted by atomic mass is 35.5. The normalized spacial score (nSPS) is 10.6. The maximum Gasteiger partial charge on any atom is 0.0907 e. The van der Waals surface area contributed by atoms with Crippen LogP contribution in [0.15, 0.2) is 23.2 Å². The first-order valence-corrected chi connectivity index (χ1v) is 4.60. The molecule has 0 atom stereocenters. The van der Waals surface area contributed by atoms with Crippen molar-refractivity contribution in [2.24, 2.45) is 4.99 Å². The quantitative estimate of drug-likeness (QED) is 0.568. The standard InChI is InChI=1S/C10H11ClN2O2/c1-13(2)6-12-9-5-7(11)3-4-8(9)10(14)15/h3-6H,1-2H3,(H,14,15)/p-1. The van der Waals surface area contributed by atoms with E-state index in [9.17, 15) is 9.90 Å². The van der Waals surface area contributed by atoms with E-state index in [-0.39, 0.29) is 11.3 Å². The molecule has 0 amide bonds. The summed E-state index contributed by atoms with van der Waals surface area (Å²) in [5.74, 6) is -1.27. The molecule has 0 bridgehead atoms. The van der Waals surface area contributed by atoms with Gasteiger partial charge in [-0.3, -0.25) is 0 Å². The Morgan fingerprint density at radius 3 is 2.73 bits per heavy atom. The number of nitrogens with zero attached hydrogens (tertiary/aromatic N) is 2. The summed E-state index contributed by atoms with van der Waals surface area (Å²) < 4.78 is 0. The topological polar surface area (TPSA) is 55.7 Å². The number of carboxylic acids is 1. The zero-order valence-corrected chi connectivity index (χ0v) is 9.15. The Labute approximate surface area is 92.8 Å². The van der Waals surface area contributed by atoms with E-state index in [0.29, 0.717) is 5.02 Å². The van der Waals surface area contributed by atoms with Gasteiger partial charge >= 0.3 is 0 Å². The minimum Gasteiger partial charge on any atom is -0.545 e. The summed E-state index contributed by atoms with van der Waals surface area (Å²) in [6, 6.07) is 4.34. The monoisotopic (exact) mass is 225 g/mol. The fourth-order valence-corrected chi connectivity index (χ4v) is 1.13. The molecule has 15 heavy (non-hydrogen) atoms. The van der Waals surface area contributed by atoms with Gasteiger partial charge in [0.1, 0.15) is 0 Å². The molecule has 0 aliphatic carbocycles. The molecule has 0 heterocycles. The molecule has 0 N–H and O–H groups in total. The van der Waals surface area contributed by atoms with Crippen LogP contribution in [0.5, 0.6) is 0 Å². The Morgan fingerprint density at radius 2 is 2.20 bits per heavy atom. The molecule has 4 nitrogen and oxygen atoms in total. The number of halogens is 1. The van der Waals surface area contributed by atoms with Crippen molar-refractivity contribution in [1.29, 1.82) is 0 Å². The van der Waals surface area contributed by atoms with Gasteiger partial charge in [-0.05, 0) is 18.2 Å². The largest absolute Gasteiger partial charge is 0.545 e. The number of hydrogen-bond donors (Lipinski definition) is 0. The average molecular weight is 226 g/mol. The van der Waals surface area contributed by atoms with Crippen LogP contribution in [0.25, 0.3) is 0 Å². The number of benzene rings is 1. The van der Waals surface area contributed by atoms with Gasteiger partial charge in [0.05, 0.1) is 18.0 Å². The lowest BCUT2D eigenvalue weighted by Crippen LogP contribution is -2.22. The number of aromatic carboxylic acids is 1. The Kier molecular flexibility index (Phi) is 3.68. The predicted molar refractivity (Wildman–Crippen MR) is 57.6 cm³/mol. The molecule has 5 heteroatoms. The molecule has 0 aromatic heterocycles. The lowest BCUT2D eigenvalue weighted by Gasteiger charge is -2.08. The smallest absolute Gasteiger partial charge is 0.0907 e. The molecule has 0 aliphatic rings. The lowest BCUT2D eigenvalue weighted by atomic mass is 10.2. The van der Waals surface area contributed by atoms with E-state index in [2.05, 4.69) is 4.99 Å². The highest BCUT2D eigenvalue weighted by Gasteiger charge is 2.02. The van der Waals surface area contributed by atoms with Gasteiger partial charge in [-0.1, -0.05) is 11.6 Å². The van der Waals surface area contributed by atoms with Gasteiger partial charge in [-0.25, -0.2) is 4.99 Å². The molecule has 1 rings (SSSR count). The first kappa shape index (κ1) is 11.5. The molecular weight excluding hydrogens is 216 g/mol. The Hall–Kier alpha value is -1.55. The summed E-state index contributed by atoms with van der Waals surface area (Å²) >= 11 is 5.74. The summed E-state index contributed by atoms with van der Waals surface area (Å²) in [5.41, 5.74) is 0.314. The van der Waals surface area contributed by atoms with Gasteiger partial charge in [-0.15, -0.1) is 0 Å². The van der Waals surface area contributed by atoms with Crippen molar-refractivity contribution < 1.29 is 9.90 Å². The SMILES string of the molecule is CN(C)C=Nc1cc(Cl)ccc1C(=O)[O-]. The first-order valence-electron chi connectivity index (χ1n) is 4.22. The van der Waals surface area contributed by atoms with Crippen molar-refractivity contribution in [1.82, 2.24) is 4.90 Å². The van der Waals surface area contributed by atoms with E-state index in [0.717, 1.165) is 0 Å².